The molecule has 0 N–H and O–H groups in total. The third kappa shape index (κ3) is 1.52. The van der Waals surface area contributed by atoms with Gasteiger partial charge in [-0.3, -0.25) is 14.4 Å². The first-order valence-corrected chi connectivity index (χ1v) is 3.67. The Kier molecular flexibility index (Phi) is 3.12. The molecule has 0 bridgehead atoms. The highest BCUT2D eigenvalue weighted by Crippen LogP contribution is 2.26. The van der Waals surface area contributed by atoms with Gasteiger partial charge in [0.05, 0.1) is 0 Å². The minimum absolute atomic E-state index is 0.771. The van der Waals surface area contributed by atoms with E-state index in [1.807, 2.05) is 0 Å². The zero-order chi connectivity index (χ0) is 10.8. The van der Waals surface area contributed by atoms with Crippen LogP contribution in [0.5, 0.6) is 0 Å². The number of ketones is 3. The van der Waals surface area contributed by atoms with E-state index in [1.165, 1.54) is 0 Å². The van der Waals surface area contributed by atoms with Gasteiger partial charge in [-0.1, -0.05) is 0 Å². The molecule has 4 heteroatoms. The Hall–Kier alpha value is -1.45. The van der Waals surface area contributed by atoms with Crippen molar-refractivity contribution in [3.63, 3.8) is 0 Å². The third-order valence-corrected chi connectivity index (χ3v) is 2.00. The minimum atomic E-state index is -2.17. The van der Waals surface area contributed by atoms with E-state index in [1.54, 1.807) is 0 Å². The van der Waals surface area contributed by atoms with Crippen molar-refractivity contribution in [3.05, 3.63) is 12.3 Å². The van der Waals surface area contributed by atoms with Gasteiger partial charge in [-0.2, -0.15) is 0 Å². The summed E-state index contributed by atoms with van der Waals surface area (Å²) in [6.07, 6.45) is 0. The van der Waals surface area contributed by atoms with Crippen LogP contribution in [0.15, 0.2) is 12.3 Å². The van der Waals surface area contributed by atoms with Crippen molar-refractivity contribution in [2.24, 2.45) is 5.41 Å². The zero-order valence-corrected chi connectivity index (χ0v) is 7.84. The van der Waals surface area contributed by atoms with E-state index in [0.717, 1.165) is 20.8 Å². The Balaban J connectivity index is 5.60. The van der Waals surface area contributed by atoms with Crippen molar-refractivity contribution < 1.29 is 19.5 Å². The van der Waals surface area contributed by atoms with Gasteiger partial charge in [0, 0.05) is 0 Å². The van der Waals surface area contributed by atoms with Gasteiger partial charge in [-0.15, -0.1) is 12.3 Å². The van der Waals surface area contributed by atoms with E-state index >= 15 is 0 Å². The van der Waals surface area contributed by atoms with Gasteiger partial charge in [0.15, 0.2) is 22.8 Å². The summed E-state index contributed by atoms with van der Waals surface area (Å²) in [5.41, 5.74) is -2.17. The Morgan fingerprint density at radius 2 is 1.23 bits per heavy atom. The average Bonchev–Trinajstić information content (AvgIpc) is 1.82. The number of carbonyl (C=O) groups is 3. The van der Waals surface area contributed by atoms with Crippen LogP contribution in [-0.4, -0.2) is 17.3 Å². The number of hydrogen-bond donors (Lipinski definition) is 0. The van der Waals surface area contributed by atoms with Crippen LogP contribution in [0.2, 0.25) is 0 Å². The molecule has 0 saturated heterocycles. The van der Waals surface area contributed by atoms with Gasteiger partial charge in [0.2, 0.25) is 0 Å². The number of allylic oxidation sites excluding steroid dienone is 1. The summed E-state index contributed by atoms with van der Waals surface area (Å²) in [6.45, 7) is 6.07. The first kappa shape index (κ1) is 11.6. The molecule has 13 heavy (non-hydrogen) atoms. The predicted molar refractivity (Wildman–Crippen MR) is 43.6 cm³/mol. The van der Waals surface area contributed by atoms with Crippen LogP contribution in [0.4, 0.5) is 0 Å². The highest BCUT2D eigenvalue weighted by atomic mass is 16.3. The van der Waals surface area contributed by atoms with Crippen molar-refractivity contribution in [2.75, 3.05) is 0 Å². The Labute approximate surface area is 76.2 Å². The van der Waals surface area contributed by atoms with E-state index in [4.69, 9.17) is 0 Å². The molecule has 0 aliphatic rings. The highest BCUT2D eigenvalue weighted by molar-refractivity contribution is 6.24. The number of carbonyl (C=O) groups excluding carboxylic acids is 3. The molecule has 4 nitrogen and oxygen atoms in total. The highest BCUT2D eigenvalue weighted by Gasteiger charge is 2.43. The van der Waals surface area contributed by atoms with Crippen LogP contribution in [0.25, 0.3) is 0 Å². The molecule has 0 heterocycles. The lowest BCUT2D eigenvalue weighted by molar-refractivity contribution is -0.315. The molecule has 0 aliphatic heterocycles. The van der Waals surface area contributed by atoms with E-state index in [0.29, 0.717) is 0 Å². The maximum absolute atomic E-state index is 11.1. The molecule has 0 radical (unpaired) electrons. The summed E-state index contributed by atoms with van der Waals surface area (Å²) in [5, 5.41) is 11.0. The van der Waals surface area contributed by atoms with Crippen LogP contribution in [0.1, 0.15) is 20.8 Å². The summed E-state index contributed by atoms with van der Waals surface area (Å²) >= 11 is 0. The second-order valence-electron chi connectivity index (χ2n) is 2.84. The number of Topliss-reactive ketones (excluding diaryl/α,β-unsaturated/α-hetero) is 3. The number of rotatable bonds is 4. The Bertz CT molecular complexity index is 226. The molecule has 0 atom stereocenters. The Morgan fingerprint density at radius 3 is 1.23 bits per heavy atom. The molecule has 0 unspecified atom stereocenters. The van der Waals surface area contributed by atoms with Crippen molar-refractivity contribution >= 4 is 17.3 Å². The van der Waals surface area contributed by atoms with Crippen LogP contribution < -0.4 is 5.11 Å². The fourth-order valence-corrected chi connectivity index (χ4v) is 1.33. The fourth-order valence-electron chi connectivity index (χ4n) is 1.33. The van der Waals surface area contributed by atoms with E-state index in [2.05, 4.69) is 6.58 Å². The quantitative estimate of drug-likeness (QED) is 0.439. The van der Waals surface area contributed by atoms with E-state index in [-0.39, 0.29) is 0 Å². The molecule has 0 aromatic heterocycles. The fraction of sp³-hybridized carbons (Fsp3) is 0.444. The summed E-state index contributed by atoms with van der Waals surface area (Å²) in [5.74, 6) is -3.27. The first-order chi connectivity index (χ1) is 5.77. The van der Waals surface area contributed by atoms with Gasteiger partial charge < -0.3 is 5.11 Å². The van der Waals surface area contributed by atoms with Crippen molar-refractivity contribution in [1.29, 1.82) is 0 Å². The monoisotopic (exact) mass is 183 g/mol. The minimum Gasteiger partial charge on any atom is -0.875 e. The van der Waals surface area contributed by atoms with Crippen molar-refractivity contribution in [1.82, 2.24) is 0 Å². The van der Waals surface area contributed by atoms with Crippen LogP contribution in [0.3, 0.4) is 0 Å². The summed E-state index contributed by atoms with van der Waals surface area (Å²) in [6, 6.07) is 0. The smallest absolute Gasteiger partial charge is 0.155 e. The second kappa shape index (κ2) is 3.51. The molecule has 0 aromatic carbocycles. The average molecular weight is 183 g/mol. The molecule has 72 valence electrons. The lowest BCUT2D eigenvalue weighted by atomic mass is 9.75. The van der Waals surface area contributed by atoms with Gasteiger partial charge in [-0.05, 0) is 20.8 Å². The zero-order valence-electron chi connectivity index (χ0n) is 7.84. The molecule has 0 rings (SSSR count). The van der Waals surface area contributed by atoms with Gasteiger partial charge in [0.1, 0.15) is 0 Å². The van der Waals surface area contributed by atoms with Crippen molar-refractivity contribution in [2.45, 2.75) is 20.8 Å². The molecule has 0 amide bonds. The summed E-state index contributed by atoms with van der Waals surface area (Å²) in [4.78, 5) is 33.3. The van der Waals surface area contributed by atoms with Gasteiger partial charge in [0.25, 0.3) is 0 Å². The lowest BCUT2D eigenvalue weighted by Crippen LogP contribution is -2.47. The normalized spacial score (nSPS) is 10.7. The molecular formula is C9H11O4-. The Morgan fingerprint density at radius 1 is 1.00 bits per heavy atom. The maximum atomic E-state index is 11.1. The molecule has 0 spiro atoms. The SMILES string of the molecule is C=C([O-])C(C(C)=O)(C(C)=O)C(C)=O. The summed E-state index contributed by atoms with van der Waals surface area (Å²) < 4.78 is 0. The molecule has 0 fully saturated rings. The van der Waals surface area contributed by atoms with Crippen molar-refractivity contribution in [3.8, 4) is 0 Å². The van der Waals surface area contributed by atoms with Crippen LogP contribution in [-0.2, 0) is 14.4 Å². The standard InChI is InChI=1S/C9H12O4/c1-5(10)9(6(2)11,7(3)12)8(4)13/h10H,1H2,2-4H3/p-1. The lowest BCUT2D eigenvalue weighted by Gasteiger charge is -2.31. The third-order valence-electron chi connectivity index (χ3n) is 2.00. The van der Waals surface area contributed by atoms with Gasteiger partial charge >= 0.3 is 0 Å². The molecule has 0 saturated carbocycles. The number of hydrogen-bond acceptors (Lipinski definition) is 4. The van der Waals surface area contributed by atoms with Gasteiger partial charge in [-0.25, -0.2) is 0 Å². The maximum Gasteiger partial charge on any atom is 0.155 e. The van der Waals surface area contributed by atoms with E-state index < -0.39 is 28.5 Å². The molecular weight excluding hydrogens is 172 g/mol. The summed E-state index contributed by atoms with van der Waals surface area (Å²) in [7, 11) is 0. The van der Waals surface area contributed by atoms with Crippen LogP contribution >= 0.6 is 0 Å². The molecule has 0 aliphatic carbocycles. The first-order valence-electron chi connectivity index (χ1n) is 3.67. The largest absolute Gasteiger partial charge is 0.875 e. The molecule has 0 aromatic rings. The van der Waals surface area contributed by atoms with Crippen LogP contribution in [0, 0.1) is 5.41 Å². The predicted octanol–water partition coefficient (Wildman–Crippen LogP) is -0.386. The topological polar surface area (TPSA) is 74.3 Å². The van der Waals surface area contributed by atoms with E-state index in [9.17, 15) is 19.5 Å². The second-order valence-corrected chi connectivity index (χ2v) is 2.84.